The summed E-state index contributed by atoms with van der Waals surface area (Å²) in [6.45, 7) is 8.50. The molecule has 0 saturated carbocycles. The van der Waals surface area contributed by atoms with E-state index in [4.69, 9.17) is 19.0 Å². The standard InChI is InChI=1S/C29H37NO4P/c1-5-32-29(4,33-6-2)35(31,34-7-3)27(23-24-17-11-8-12-18-24)30-28(25-19-13-9-14-20-25)26-21-15-10-16-22-26/h8-22,27,31H,5-7,23H2,1-4H3/q+1/t27-,35?/m1/s1. The van der Waals surface area contributed by atoms with E-state index in [0.29, 0.717) is 26.2 Å². The SMILES string of the molecule is CCOC(C)(OCC)[P+](O)(OCC)[C@H](Cc1ccccc1)N=C(c1ccccc1)c1ccccc1. The average molecular weight is 495 g/mol. The summed E-state index contributed by atoms with van der Waals surface area (Å²) in [6.07, 6.45) is 0.476. The summed E-state index contributed by atoms with van der Waals surface area (Å²) >= 11 is 0. The van der Waals surface area contributed by atoms with Gasteiger partial charge in [-0.3, -0.25) is 0 Å². The molecule has 0 radical (unpaired) electrons. The third kappa shape index (κ3) is 6.63. The van der Waals surface area contributed by atoms with E-state index in [1.54, 1.807) is 6.92 Å². The Balaban J connectivity index is 2.24. The zero-order valence-corrected chi connectivity index (χ0v) is 22.0. The van der Waals surface area contributed by atoms with Gasteiger partial charge in [0.15, 0.2) is 0 Å². The number of ether oxygens (including phenoxy) is 2. The van der Waals surface area contributed by atoms with Crippen LogP contribution in [0, 0.1) is 0 Å². The highest BCUT2D eigenvalue weighted by Crippen LogP contribution is 2.71. The highest BCUT2D eigenvalue weighted by molar-refractivity contribution is 7.67. The zero-order chi connectivity index (χ0) is 25.2. The van der Waals surface area contributed by atoms with Crippen LogP contribution in [0.2, 0.25) is 0 Å². The Morgan fingerprint density at radius 3 is 1.66 bits per heavy atom. The first kappa shape index (κ1) is 27.2. The molecule has 3 aromatic carbocycles. The van der Waals surface area contributed by atoms with Gasteiger partial charge in [-0.15, -0.1) is 0 Å². The predicted octanol–water partition coefficient (Wildman–Crippen LogP) is 6.72. The van der Waals surface area contributed by atoms with E-state index >= 15 is 0 Å². The Hall–Kier alpha value is -2.40. The van der Waals surface area contributed by atoms with Gasteiger partial charge in [0.05, 0.1) is 25.5 Å². The Kier molecular flexibility index (Phi) is 10.1. The minimum absolute atomic E-state index is 0.312. The number of aliphatic imine (C=N–C) groups is 1. The molecule has 186 valence electrons. The Labute approximate surface area is 210 Å². The molecule has 0 aliphatic rings. The van der Waals surface area contributed by atoms with Gasteiger partial charge in [-0.1, -0.05) is 91.0 Å². The van der Waals surface area contributed by atoms with E-state index < -0.39 is 19.0 Å². The van der Waals surface area contributed by atoms with Gasteiger partial charge in [-0.05, 0) is 26.3 Å². The molecule has 0 spiro atoms. The first-order chi connectivity index (χ1) is 17.0. The maximum Gasteiger partial charge on any atom is 0.358 e. The van der Waals surface area contributed by atoms with Gasteiger partial charge in [0.2, 0.25) is 5.78 Å². The van der Waals surface area contributed by atoms with Crippen LogP contribution in [0.15, 0.2) is 96.0 Å². The molecule has 35 heavy (non-hydrogen) atoms. The van der Waals surface area contributed by atoms with E-state index in [1.165, 1.54) is 0 Å². The van der Waals surface area contributed by atoms with Crippen LogP contribution in [0.3, 0.4) is 0 Å². The molecule has 0 heterocycles. The Bertz CT molecular complexity index is 999. The summed E-state index contributed by atoms with van der Waals surface area (Å²) in [7, 11) is -3.43. The second kappa shape index (κ2) is 13.1. The first-order valence-corrected chi connectivity index (χ1v) is 14.0. The first-order valence-electron chi connectivity index (χ1n) is 12.2. The number of hydrogen-bond donors (Lipinski definition) is 1. The van der Waals surface area contributed by atoms with Gasteiger partial charge in [0.1, 0.15) is 0 Å². The third-order valence-corrected chi connectivity index (χ3v) is 8.95. The molecular weight excluding hydrogens is 457 g/mol. The summed E-state index contributed by atoms with van der Waals surface area (Å²) in [5.74, 6) is -0.622. The van der Waals surface area contributed by atoms with Crippen LogP contribution in [-0.2, 0) is 20.4 Å². The van der Waals surface area contributed by atoms with Crippen molar-refractivity contribution in [2.75, 3.05) is 19.8 Å². The van der Waals surface area contributed by atoms with Gasteiger partial charge in [0, 0.05) is 24.5 Å². The third-order valence-electron chi connectivity index (χ3n) is 5.77. The molecule has 0 aliphatic heterocycles. The van der Waals surface area contributed by atoms with Crippen molar-refractivity contribution in [3.05, 3.63) is 108 Å². The molecule has 0 aliphatic carbocycles. The maximum absolute atomic E-state index is 12.4. The monoisotopic (exact) mass is 494 g/mol. The highest BCUT2D eigenvalue weighted by atomic mass is 31.2. The minimum Gasteiger partial charge on any atom is -0.315 e. The van der Waals surface area contributed by atoms with Crippen molar-refractivity contribution in [2.24, 2.45) is 4.99 Å². The molecule has 0 amide bonds. The lowest BCUT2D eigenvalue weighted by molar-refractivity contribution is -0.173. The second-order valence-corrected chi connectivity index (χ2v) is 11.1. The van der Waals surface area contributed by atoms with Crippen LogP contribution in [0.25, 0.3) is 0 Å². The van der Waals surface area contributed by atoms with Crippen molar-refractivity contribution < 1.29 is 18.9 Å². The molecule has 1 unspecified atom stereocenters. The lowest BCUT2D eigenvalue weighted by Crippen LogP contribution is -2.41. The van der Waals surface area contributed by atoms with E-state index in [1.807, 2.05) is 112 Å². The summed E-state index contributed by atoms with van der Waals surface area (Å²) in [5, 5.41) is 0. The average Bonchev–Trinajstić information content (AvgIpc) is 2.88. The van der Waals surface area contributed by atoms with E-state index in [9.17, 15) is 4.89 Å². The van der Waals surface area contributed by atoms with E-state index in [2.05, 4.69) is 0 Å². The van der Waals surface area contributed by atoms with Gasteiger partial charge in [-0.25, -0.2) is 9.89 Å². The van der Waals surface area contributed by atoms with Crippen LogP contribution in [0.4, 0.5) is 0 Å². The van der Waals surface area contributed by atoms with Gasteiger partial charge in [0.25, 0.3) is 0 Å². The molecule has 1 N–H and O–H groups in total. The lowest BCUT2D eigenvalue weighted by atomic mass is 10.0. The van der Waals surface area contributed by atoms with Gasteiger partial charge < -0.3 is 9.47 Å². The fourth-order valence-electron chi connectivity index (χ4n) is 4.16. The van der Waals surface area contributed by atoms with E-state index in [0.717, 1.165) is 22.4 Å². The van der Waals surface area contributed by atoms with Crippen LogP contribution in [0.1, 0.15) is 44.4 Å². The maximum atomic E-state index is 12.4. The predicted molar refractivity (Wildman–Crippen MR) is 145 cm³/mol. The number of rotatable bonds is 13. The van der Waals surface area contributed by atoms with Crippen molar-refractivity contribution in [2.45, 2.75) is 45.4 Å². The molecule has 6 heteroatoms. The topological polar surface area (TPSA) is 60.3 Å². The molecule has 3 aromatic rings. The molecular formula is C29H37NO4P+. The van der Waals surface area contributed by atoms with Crippen LogP contribution in [0.5, 0.6) is 0 Å². The number of benzene rings is 3. The van der Waals surface area contributed by atoms with Crippen LogP contribution < -0.4 is 0 Å². The van der Waals surface area contributed by atoms with E-state index in [-0.39, 0.29) is 0 Å². The minimum atomic E-state index is -3.43. The smallest absolute Gasteiger partial charge is 0.315 e. The fraction of sp³-hybridized carbons (Fsp3) is 0.345. The number of nitrogens with zero attached hydrogens (tertiary/aromatic N) is 1. The van der Waals surface area contributed by atoms with Crippen molar-refractivity contribution >= 4 is 13.4 Å². The van der Waals surface area contributed by atoms with Gasteiger partial charge >= 0.3 is 13.2 Å². The van der Waals surface area contributed by atoms with Crippen LogP contribution >= 0.6 is 7.72 Å². The van der Waals surface area contributed by atoms with Crippen LogP contribution in [-0.4, -0.2) is 41.7 Å². The Morgan fingerprint density at radius 1 is 0.771 bits per heavy atom. The van der Waals surface area contributed by atoms with Crippen molar-refractivity contribution in [1.82, 2.24) is 0 Å². The number of hydrogen-bond acceptors (Lipinski definition) is 5. The molecule has 5 nitrogen and oxygen atoms in total. The summed E-state index contributed by atoms with van der Waals surface area (Å²) < 4.78 is 18.4. The molecule has 3 rings (SSSR count). The summed E-state index contributed by atoms with van der Waals surface area (Å²) in [5.41, 5.74) is 2.45. The van der Waals surface area contributed by atoms with Crippen molar-refractivity contribution in [1.29, 1.82) is 0 Å². The Morgan fingerprint density at radius 2 is 1.23 bits per heavy atom. The molecule has 0 bridgehead atoms. The van der Waals surface area contributed by atoms with Gasteiger partial charge in [-0.2, -0.15) is 4.52 Å². The lowest BCUT2D eigenvalue weighted by Gasteiger charge is -2.37. The second-order valence-electron chi connectivity index (χ2n) is 8.18. The van der Waals surface area contributed by atoms with Crippen molar-refractivity contribution in [3.8, 4) is 0 Å². The molecule has 0 saturated heterocycles. The summed E-state index contributed by atoms with van der Waals surface area (Å²) in [6, 6.07) is 30.1. The fourth-order valence-corrected chi connectivity index (χ4v) is 6.86. The molecule has 0 aromatic heterocycles. The largest absolute Gasteiger partial charge is 0.358 e. The normalized spacial score (nSPS) is 14.2. The quantitative estimate of drug-likeness (QED) is 0.163. The zero-order valence-electron chi connectivity index (χ0n) is 21.1. The molecule has 0 fully saturated rings. The summed E-state index contributed by atoms with van der Waals surface area (Å²) in [4.78, 5) is 17.7. The molecule has 2 atom stereocenters. The van der Waals surface area contributed by atoms with Crippen molar-refractivity contribution in [3.63, 3.8) is 0 Å². The highest BCUT2D eigenvalue weighted by Gasteiger charge is 2.66.